The normalized spacial score (nSPS) is 16.4. The van der Waals surface area contributed by atoms with Crippen LogP contribution in [0.25, 0.3) is 0 Å². The molecule has 0 saturated heterocycles. The molecule has 0 fully saturated rings. The fourth-order valence-electron chi connectivity index (χ4n) is 2.37. The first-order chi connectivity index (χ1) is 7.31. The molecule has 0 saturated carbocycles. The number of rotatable bonds is 4. The Labute approximate surface area is 92.9 Å². The Bertz CT molecular complexity index is 330. The Morgan fingerprint density at radius 1 is 1.33 bits per heavy atom. The van der Waals surface area contributed by atoms with Gasteiger partial charge in [0.05, 0.1) is 0 Å². The molecule has 1 heteroatoms. The number of hydrogen-bond acceptors (Lipinski definition) is 1. The van der Waals surface area contributed by atoms with E-state index in [1.165, 1.54) is 55.5 Å². The summed E-state index contributed by atoms with van der Waals surface area (Å²) in [4.78, 5) is 4.81. The Balaban J connectivity index is 2.08. The van der Waals surface area contributed by atoms with Crippen molar-refractivity contribution in [2.24, 2.45) is 0 Å². The highest BCUT2D eigenvalue weighted by Crippen LogP contribution is 2.25. The average molecular weight is 203 g/mol. The summed E-state index contributed by atoms with van der Waals surface area (Å²) in [5, 5.41) is 0. The van der Waals surface area contributed by atoms with Crippen molar-refractivity contribution >= 4 is 0 Å². The van der Waals surface area contributed by atoms with Gasteiger partial charge in [0.1, 0.15) is 0 Å². The number of pyridine rings is 1. The van der Waals surface area contributed by atoms with Crippen molar-refractivity contribution in [1.29, 1.82) is 0 Å². The van der Waals surface area contributed by atoms with E-state index in [1.54, 1.807) is 0 Å². The van der Waals surface area contributed by atoms with Crippen LogP contribution in [0.2, 0.25) is 0 Å². The van der Waals surface area contributed by atoms with E-state index in [2.05, 4.69) is 26.0 Å². The van der Waals surface area contributed by atoms with Crippen LogP contribution in [0.4, 0.5) is 0 Å². The molecule has 0 spiro atoms. The second-order valence-electron chi connectivity index (χ2n) is 4.74. The first-order valence-corrected chi connectivity index (χ1v) is 6.30. The minimum absolute atomic E-state index is 0.635. The van der Waals surface area contributed by atoms with Gasteiger partial charge in [0.2, 0.25) is 0 Å². The smallest absolute Gasteiger partial charge is 0.0439 e. The van der Waals surface area contributed by atoms with Gasteiger partial charge in [-0.05, 0) is 43.2 Å². The highest BCUT2D eigenvalue weighted by atomic mass is 14.7. The van der Waals surface area contributed by atoms with Crippen LogP contribution in [-0.2, 0) is 12.8 Å². The highest BCUT2D eigenvalue weighted by Gasteiger charge is 2.14. The molecule has 0 N–H and O–H groups in total. The maximum atomic E-state index is 4.81. The monoisotopic (exact) mass is 203 g/mol. The zero-order valence-corrected chi connectivity index (χ0v) is 9.92. The minimum Gasteiger partial charge on any atom is -0.257 e. The SMILES string of the molecule is CCCC[C@@H](C)c1ccc2c(n1)CCC2. The zero-order valence-electron chi connectivity index (χ0n) is 9.92. The van der Waals surface area contributed by atoms with Crippen molar-refractivity contribution in [2.75, 3.05) is 0 Å². The summed E-state index contributed by atoms with van der Waals surface area (Å²) in [5.41, 5.74) is 4.17. The van der Waals surface area contributed by atoms with Crippen LogP contribution in [0.3, 0.4) is 0 Å². The van der Waals surface area contributed by atoms with Crippen LogP contribution >= 0.6 is 0 Å². The van der Waals surface area contributed by atoms with E-state index in [0.29, 0.717) is 5.92 Å². The van der Waals surface area contributed by atoms with Gasteiger partial charge in [0, 0.05) is 11.4 Å². The van der Waals surface area contributed by atoms with Gasteiger partial charge in [-0.1, -0.05) is 32.8 Å². The molecule has 1 aliphatic carbocycles. The third-order valence-corrected chi connectivity index (χ3v) is 3.45. The lowest BCUT2D eigenvalue weighted by Gasteiger charge is -2.11. The number of fused-ring (bicyclic) bond motifs is 1. The fourth-order valence-corrected chi connectivity index (χ4v) is 2.37. The van der Waals surface area contributed by atoms with Gasteiger partial charge in [0.25, 0.3) is 0 Å². The summed E-state index contributed by atoms with van der Waals surface area (Å²) >= 11 is 0. The molecule has 1 heterocycles. The van der Waals surface area contributed by atoms with Crippen LogP contribution in [0.15, 0.2) is 12.1 Å². The lowest BCUT2D eigenvalue weighted by atomic mass is 9.99. The van der Waals surface area contributed by atoms with Gasteiger partial charge >= 0.3 is 0 Å². The second-order valence-corrected chi connectivity index (χ2v) is 4.74. The van der Waals surface area contributed by atoms with Gasteiger partial charge in [-0.15, -0.1) is 0 Å². The average Bonchev–Trinajstić information content (AvgIpc) is 2.72. The number of aromatic nitrogens is 1. The van der Waals surface area contributed by atoms with Crippen LogP contribution < -0.4 is 0 Å². The van der Waals surface area contributed by atoms with E-state index in [9.17, 15) is 0 Å². The second kappa shape index (κ2) is 4.78. The lowest BCUT2D eigenvalue weighted by molar-refractivity contribution is 0.609. The molecule has 0 bridgehead atoms. The maximum absolute atomic E-state index is 4.81. The van der Waals surface area contributed by atoms with Crippen molar-refractivity contribution in [3.8, 4) is 0 Å². The third kappa shape index (κ3) is 2.39. The molecular weight excluding hydrogens is 182 g/mol. The summed E-state index contributed by atoms with van der Waals surface area (Å²) in [5.74, 6) is 0.635. The summed E-state index contributed by atoms with van der Waals surface area (Å²) in [6.07, 6.45) is 7.63. The van der Waals surface area contributed by atoms with Crippen molar-refractivity contribution in [1.82, 2.24) is 4.98 Å². The van der Waals surface area contributed by atoms with E-state index < -0.39 is 0 Å². The maximum Gasteiger partial charge on any atom is 0.0439 e. The minimum atomic E-state index is 0.635. The summed E-state index contributed by atoms with van der Waals surface area (Å²) in [6, 6.07) is 4.54. The quantitative estimate of drug-likeness (QED) is 0.724. The number of unbranched alkanes of at least 4 members (excludes halogenated alkanes) is 1. The molecule has 0 radical (unpaired) electrons. The van der Waals surface area contributed by atoms with E-state index in [4.69, 9.17) is 4.98 Å². The predicted molar refractivity (Wildman–Crippen MR) is 64.2 cm³/mol. The Hall–Kier alpha value is -0.850. The summed E-state index contributed by atoms with van der Waals surface area (Å²) in [6.45, 7) is 4.56. The van der Waals surface area contributed by atoms with E-state index in [-0.39, 0.29) is 0 Å². The molecular formula is C14H21N. The summed E-state index contributed by atoms with van der Waals surface area (Å²) < 4.78 is 0. The van der Waals surface area contributed by atoms with Gasteiger partial charge in [-0.25, -0.2) is 0 Å². The van der Waals surface area contributed by atoms with Gasteiger partial charge in [-0.2, -0.15) is 0 Å². The van der Waals surface area contributed by atoms with Crippen molar-refractivity contribution in [3.63, 3.8) is 0 Å². The first kappa shape index (κ1) is 10.7. The molecule has 1 aliphatic rings. The molecule has 1 nitrogen and oxygen atoms in total. The molecule has 0 unspecified atom stereocenters. The standard InChI is InChI=1S/C14H21N/c1-3-4-6-11(2)13-10-9-12-7-5-8-14(12)15-13/h9-11H,3-8H2,1-2H3/t11-/m1/s1. The van der Waals surface area contributed by atoms with Crippen molar-refractivity contribution in [3.05, 3.63) is 29.1 Å². The Morgan fingerprint density at radius 2 is 2.20 bits per heavy atom. The Morgan fingerprint density at radius 3 is 3.00 bits per heavy atom. The summed E-state index contributed by atoms with van der Waals surface area (Å²) in [7, 11) is 0. The zero-order chi connectivity index (χ0) is 10.7. The van der Waals surface area contributed by atoms with E-state index in [1.807, 2.05) is 0 Å². The predicted octanol–water partition coefficient (Wildman–Crippen LogP) is 3.86. The van der Waals surface area contributed by atoms with Gasteiger partial charge in [0.15, 0.2) is 0 Å². The van der Waals surface area contributed by atoms with E-state index >= 15 is 0 Å². The third-order valence-electron chi connectivity index (χ3n) is 3.45. The molecule has 1 aromatic heterocycles. The van der Waals surface area contributed by atoms with Gasteiger partial charge < -0.3 is 0 Å². The molecule has 0 amide bonds. The fraction of sp³-hybridized carbons (Fsp3) is 0.643. The van der Waals surface area contributed by atoms with Crippen LogP contribution in [0.5, 0.6) is 0 Å². The van der Waals surface area contributed by atoms with Gasteiger partial charge in [-0.3, -0.25) is 4.98 Å². The number of nitrogens with zero attached hydrogens (tertiary/aromatic N) is 1. The number of hydrogen-bond donors (Lipinski definition) is 0. The van der Waals surface area contributed by atoms with Crippen LogP contribution in [0, 0.1) is 0 Å². The Kier molecular flexibility index (Phi) is 3.40. The van der Waals surface area contributed by atoms with Crippen LogP contribution in [-0.4, -0.2) is 4.98 Å². The highest BCUT2D eigenvalue weighted by molar-refractivity contribution is 5.28. The lowest BCUT2D eigenvalue weighted by Crippen LogP contribution is -2.00. The molecule has 0 aliphatic heterocycles. The molecule has 1 atom stereocenters. The van der Waals surface area contributed by atoms with Crippen molar-refractivity contribution < 1.29 is 0 Å². The molecule has 0 aromatic carbocycles. The molecule has 82 valence electrons. The van der Waals surface area contributed by atoms with E-state index in [0.717, 1.165) is 0 Å². The molecule has 15 heavy (non-hydrogen) atoms. The largest absolute Gasteiger partial charge is 0.257 e. The molecule has 2 rings (SSSR count). The van der Waals surface area contributed by atoms with Crippen molar-refractivity contribution in [2.45, 2.75) is 58.3 Å². The number of aryl methyl sites for hydroxylation is 2. The first-order valence-electron chi connectivity index (χ1n) is 6.30. The molecule has 1 aromatic rings. The van der Waals surface area contributed by atoms with Crippen LogP contribution in [0.1, 0.15) is 62.4 Å². The topological polar surface area (TPSA) is 12.9 Å².